The third-order valence-corrected chi connectivity index (χ3v) is 6.08. The lowest BCUT2D eigenvalue weighted by Gasteiger charge is -2.24. The van der Waals surface area contributed by atoms with Crippen molar-refractivity contribution < 1.29 is 29.0 Å². The molecule has 2 N–H and O–H groups in total. The molecule has 1 aliphatic rings. The Kier molecular flexibility index (Phi) is 8.10. The number of para-hydroxylation sites is 2. The zero-order valence-corrected chi connectivity index (χ0v) is 19.9. The van der Waals surface area contributed by atoms with E-state index >= 15 is 0 Å². The highest BCUT2D eigenvalue weighted by Gasteiger charge is 2.34. The van der Waals surface area contributed by atoms with E-state index in [0.717, 1.165) is 0 Å². The van der Waals surface area contributed by atoms with Crippen LogP contribution in [-0.4, -0.2) is 35.5 Å². The topological polar surface area (TPSA) is 113 Å². The highest BCUT2D eigenvalue weighted by atomic mass is 16.5. The predicted octanol–water partition coefficient (Wildman–Crippen LogP) is 4.81. The van der Waals surface area contributed by atoms with Crippen molar-refractivity contribution in [2.75, 3.05) is 16.8 Å². The van der Waals surface area contributed by atoms with Gasteiger partial charge in [-0.05, 0) is 61.4 Å². The van der Waals surface area contributed by atoms with Crippen molar-refractivity contribution in [2.24, 2.45) is 11.8 Å². The van der Waals surface area contributed by atoms with Crippen molar-refractivity contribution >= 4 is 40.8 Å². The summed E-state index contributed by atoms with van der Waals surface area (Å²) in [6.45, 7) is -0.465. The highest BCUT2D eigenvalue weighted by Crippen LogP contribution is 2.28. The molecule has 188 valence electrons. The number of allylic oxidation sites excluding steroid dienone is 2. The Morgan fingerprint density at radius 2 is 1.32 bits per heavy atom. The van der Waals surface area contributed by atoms with Crippen LogP contribution in [0.25, 0.3) is 0 Å². The molecule has 8 nitrogen and oxygen atoms in total. The van der Waals surface area contributed by atoms with Crippen LogP contribution in [0.15, 0.2) is 97.1 Å². The number of nitrogens with one attached hydrogen (secondary N) is 1. The minimum absolute atomic E-state index is 0.209. The van der Waals surface area contributed by atoms with E-state index in [1.165, 1.54) is 29.2 Å². The normalized spacial score (nSPS) is 16.4. The zero-order valence-electron chi connectivity index (χ0n) is 19.9. The van der Waals surface area contributed by atoms with E-state index in [4.69, 9.17) is 4.74 Å². The Morgan fingerprint density at radius 3 is 1.86 bits per heavy atom. The second-order valence-electron chi connectivity index (χ2n) is 8.54. The monoisotopic (exact) mass is 498 g/mol. The number of amides is 2. The molecular formula is C29H26N2O6. The van der Waals surface area contributed by atoms with E-state index in [0.29, 0.717) is 29.9 Å². The molecule has 4 rings (SSSR count). The predicted molar refractivity (Wildman–Crippen MR) is 138 cm³/mol. The number of carboxylic acids is 1. The van der Waals surface area contributed by atoms with Gasteiger partial charge >= 0.3 is 11.9 Å². The minimum Gasteiger partial charge on any atom is -0.481 e. The van der Waals surface area contributed by atoms with Crippen LogP contribution in [-0.2, 0) is 19.1 Å². The van der Waals surface area contributed by atoms with E-state index in [-0.39, 0.29) is 11.5 Å². The van der Waals surface area contributed by atoms with E-state index in [1.54, 1.807) is 36.4 Å². The van der Waals surface area contributed by atoms with Crippen LogP contribution in [0.4, 0.5) is 17.1 Å². The van der Waals surface area contributed by atoms with Gasteiger partial charge in [0, 0.05) is 17.1 Å². The zero-order chi connectivity index (χ0) is 26.2. The summed E-state index contributed by atoms with van der Waals surface area (Å²) in [4.78, 5) is 51.2. The lowest BCUT2D eigenvalue weighted by Crippen LogP contribution is -2.34. The van der Waals surface area contributed by atoms with Gasteiger partial charge in [0.05, 0.1) is 17.4 Å². The van der Waals surface area contributed by atoms with Crippen LogP contribution in [0.5, 0.6) is 0 Å². The number of ether oxygens (including phenoxy) is 1. The number of hydrogen-bond donors (Lipinski definition) is 2. The molecule has 0 saturated carbocycles. The second-order valence-corrected chi connectivity index (χ2v) is 8.54. The smallest absolute Gasteiger partial charge is 0.338 e. The van der Waals surface area contributed by atoms with Crippen molar-refractivity contribution in [1.29, 1.82) is 0 Å². The summed E-state index contributed by atoms with van der Waals surface area (Å²) in [5, 5.41) is 12.1. The summed E-state index contributed by atoms with van der Waals surface area (Å²) < 4.78 is 5.28. The Bertz CT molecular complexity index is 1250. The average Bonchev–Trinajstić information content (AvgIpc) is 2.93. The molecule has 0 aromatic heterocycles. The van der Waals surface area contributed by atoms with Crippen LogP contribution >= 0.6 is 0 Å². The fourth-order valence-corrected chi connectivity index (χ4v) is 4.17. The quantitative estimate of drug-likeness (QED) is 0.340. The lowest BCUT2D eigenvalue weighted by molar-refractivity contribution is -0.146. The number of aliphatic carboxylic acids is 1. The van der Waals surface area contributed by atoms with Crippen LogP contribution in [0.2, 0.25) is 0 Å². The number of nitrogens with zero attached hydrogens (tertiary/aromatic N) is 1. The van der Waals surface area contributed by atoms with Gasteiger partial charge < -0.3 is 15.2 Å². The lowest BCUT2D eigenvalue weighted by atomic mass is 9.82. The average molecular weight is 499 g/mol. The minimum atomic E-state index is -1.00. The molecule has 0 bridgehead atoms. The maximum absolute atomic E-state index is 13.0. The van der Waals surface area contributed by atoms with E-state index in [2.05, 4.69) is 5.32 Å². The van der Waals surface area contributed by atoms with Gasteiger partial charge in [-0.25, -0.2) is 4.79 Å². The van der Waals surface area contributed by atoms with Crippen LogP contribution in [0, 0.1) is 11.8 Å². The fraction of sp³-hybridized carbons (Fsp3) is 0.172. The molecule has 0 spiro atoms. The van der Waals surface area contributed by atoms with Crippen molar-refractivity contribution in [3.63, 3.8) is 0 Å². The molecule has 0 fully saturated rings. The van der Waals surface area contributed by atoms with Gasteiger partial charge in [-0.3, -0.25) is 19.3 Å². The first-order chi connectivity index (χ1) is 17.9. The molecule has 37 heavy (non-hydrogen) atoms. The van der Waals surface area contributed by atoms with Gasteiger partial charge in [0.25, 0.3) is 5.91 Å². The Morgan fingerprint density at radius 1 is 0.784 bits per heavy atom. The number of rotatable bonds is 8. The first-order valence-corrected chi connectivity index (χ1v) is 11.8. The van der Waals surface area contributed by atoms with Gasteiger partial charge in [-0.15, -0.1) is 0 Å². The Labute approximate surface area is 214 Å². The molecule has 2 unspecified atom stereocenters. The van der Waals surface area contributed by atoms with Crippen LogP contribution in [0.1, 0.15) is 23.2 Å². The molecule has 0 saturated heterocycles. The molecule has 0 heterocycles. The van der Waals surface area contributed by atoms with Gasteiger partial charge in [-0.1, -0.05) is 48.6 Å². The number of benzene rings is 3. The summed E-state index contributed by atoms with van der Waals surface area (Å²) in [6, 6.07) is 24.2. The molecule has 3 aromatic carbocycles. The number of esters is 1. The largest absolute Gasteiger partial charge is 0.481 e. The third kappa shape index (κ3) is 6.29. The van der Waals surface area contributed by atoms with Crippen LogP contribution in [0.3, 0.4) is 0 Å². The molecule has 2 amide bonds. The Balaban J connectivity index is 1.37. The highest BCUT2D eigenvalue weighted by molar-refractivity contribution is 6.02. The molecule has 8 heteroatoms. The van der Waals surface area contributed by atoms with Crippen molar-refractivity contribution in [3.05, 3.63) is 103 Å². The van der Waals surface area contributed by atoms with Gasteiger partial charge in [-0.2, -0.15) is 0 Å². The summed E-state index contributed by atoms with van der Waals surface area (Å²) in [5.41, 5.74) is 1.93. The number of hydrogen-bond acceptors (Lipinski definition) is 5. The maximum atomic E-state index is 13.0. The maximum Gasteiger partial charge on any atom is 0.338 e. The van der Waals surface area contributed by atoms with Gasteiger partial charge in [0.1, 0.15) is 0 Å². The summed E-state index contributed by atoms with van der Waals surface area (Å²) in [6.07, 6.45) is 4.24. The molecule has 1 aliphatic carbocycles. The number of carbonyl (C=O) groups excluding carboxylic acids is 3. The second kappa shape index (κ2) is 11.8. The fourth-order valence-electron chi connectivity index (χ4n) is 4.17. The molecule has 0 radical (unpaired) electrons. The number of carbonyl (C=O) groups is 4. The van der Waals surface area contributed by atoms with E-state index in [9.17, 15) is 24.3 Å². The first kappa shape index (κ1) is 25.4. The number of carboxylic acid groups (broad SMARTS) is 1. The standard InChI is InChI=1S/C29H26N2O6/c32-26(31(22-9-3-1-4-10-22)23-11-5-2-6-12-23)19-37-29(36)20-15-17-21(18-16-20)30-27(33)24-13-7-8-14-25(24)28(34)35/h1-12,15-18,24-25H,13-14,19H2,(H,30,33)(H,34,35). The third-order valence-electron chi connectivity index (χ3n) is 6.08. The Hall–Kier alpha value is -4.72. The van der Waals surface area contributed by atoms with Gasteiger partial charge in [0.15, 0.2) is 6.61 Å². The summed E-state index contributed by atoms with van der Waals surface area (Å²) in [5.74, 6) is -3.94. The molecular weight excluding hydrogens is 472 g/mol. The van der Waals surface area contributed by atoms with E-state index in [1.807, 2.05) is 36.4 Å². The van der Waals surface area contributed by atoms with Crippen LogP contribution < -0.4 is 10.2 Å². The molecule has 3 aromatic rings. The summed E-state index contributed by atoms with van der Waals surface area (Å²) in [7, 11) is 0. The number of anilines is 3. The van der Waals surface area contributed by atoms with E-state index < -0.39 is 36.3 Å². The first-order valence-electron chi connectivity index (χ1n) is 11.8. The summed E-state index contributed by atoms with van der Waals surface area (Å²) >= 11 is 0. The van der Waals surface area contributed by atoms with Crippen molar-refractivity contribution in [1.82, 2.24) is 0 Å². The molecule has 0 aliphatic heterocycles. The molecule has 2 atom stereocenters. The SMILES string of the molecule is O=C(OCC(=O)N(c1ccccc1)c1ccccc1)c1ccc(NC(=O)C2CC=CCC2C(=O)O)cc1. The van der Waals surface area contributed by atoms with Gasteiger partial charge in [0.2, 0.25) is 5.91 Å². The van der Waals surface area contributed by atoms with Crippen molar-refractivity contribution in [2.45, 2.75) is 12.8 Å². The van der Waals surface area contributed by atoms with Crippen molar-refractivity contribution in [3.8, 4) is 0 Å².